The van der Waals surface area contributed by atoms with Crippen molar-refractivity contribution >= 4 is 11.4 Å². The second-order valence-electron chi connectivity index (χ2n) is 4.89. The molecule has 1 aliphatic heterocycles. The summed E-state index contributed by atoms with van der Waals surface area (Å²) >= 11 is 0. The number of hydrogen-bond donors (Lipinski definition) is 1. The molecule has 0 aromatic heterocycles. The van der Waals surface area contributed by atoms with Crippen molar-refractivity contribution in [2.24, 2.45) is 0 Å². The zero-order valence-electron chi connectivity index (χ0n) is 10.4. The van der Waals surface area contributed by atoms with E-state index in [9.17, 15) is 0 Å². The first-order valence-electron chi connectivity index (χ1n) is 5.85. The molecule has 16 heavy (non-hydrogen) atoms. The zero-order chi connectivity index (χ0) is 11.7. The molecule has 0 unspecified atom stereocenters. The lowest BCUT2D eigenvalue weighted by Gasteiger charge is -2.22. The Morgan fingerprint density at radius 2 is 2.12 bits per heavy atom. The van der Waals surface area contributed by atoms with Crippen LogP contribution in [0.4, 0.5) is 11.4 Å². The largest absolute Gasteiger partial charge is 0.399 e. The smallest absolute Gasteiger partial charge is 0.0370 e. The van der Waals surface area contributed by atoms with E-state index in [1.165, 1.54) is 17.7 Å². The number of hydrogen-bond acceptors (Lipinski definition) is 3. The van der Waals surface area contributed by atoms with E-state index in [0.717, 1.165) is 18.8 Å². The SMILES string of the molecule is Cc1cc(N2CC[C@H](N(C)C)C2)ccc1N. The van der Waals surface area contributed by atoms with Gasteiger partial charge in [0.15, 0.2) is 0 Å². The minimum atomic E-state index is 0.679. The van der Waals surface area contributed by atoms with Gasteiger partial charge in [0.2, 0.25) is 0 Å². The van der Waals surface area contributed by atoms with Crippen molar-refractivity contribution in [3.05, 3.63) is 23.8 Å². The van der Waals surface area contributed by atoms with E-state index in [1.54, 1.807) is 0 Å². The average Bonchev–Trinajstić information content (AvgIpc) is 2.71. The number of nitrogen functional groups attached to an aromatic ring is 1. The molecule has 2 N–H and O–H groups in total. The third-order valence-corrected chi connectivity index (χ3v) is 3.51. The van der Waals surface area contributed by atoms with E-state index >= 15 is 0 Å². The van der Waals surface area contributed by atoms with E-state index < -0.39 is 0 Å². The number of benzene rings is 1. The molecule has 88 valence electrons. The van der Waals surface area contributed by atoms with E-state index in [2.05, 4.69) is 43.0 Å². The minimum absolute atomic E-state index is 0.679. The van der Waals surface area contributed by atoms with Crippen LogP contribution in [0.2, 0.25) is 0 Å². The molecule has 2 rings (SSSR count). The molecule has 1 aliphatic rings. The number of nitrogens with two attached hydrogens (primary N) is 1. The van der Waals surface area contributed by atoms with Gasteiger partial charge in [-0.3, -0.25) is 0 Å². The van der Waals surface area contributed by atoms with Crippen molar-refractivity contribution in [2.75, 3.05) is 37.8 Å². The Hall–Kier alpha value is -1.22. The summed E-state index contributed by atoms with van der Waals surface area (Å²) in [5.41, 5.74) is 9.19. The molecule has 0 saturated carbocycles. The average molecular weight is 219 g/mol. The maximum atomic E-state index is 5.84. The Bertz CT molecular complexity index is 373. The third-order valence-electron chi connectivity index (χ3n) is 3.51. The van der Waals surface area contributed by atoms with Crippen LogP contribution in [0.3, 0.4) is 0 Å². The van der Waals surface area contributed by atoms with Crippen LogP contribution in [-0.4, -0.2) is 38.1 Å². The maximum absolute atomic E-state index is 5.84. The summed E-state index contributed by atoms with van der Waals surface area (Å²) in [6.45, 7) is 4.33. The van der Waals surface area contributed by atoms with Crippen LogP contribution in [0.5, 0.6) is 0 Å². The van der Waals surface area contributed by atoms with Gasteiger partial charge in [-0.15, -0.1) is 0 Å². The lowest BCUT2D eigenvalue weighted by atomic mass is 10.2. The standard InChI is InChI=1S/C13H21N3/c1-10-8-11(4-5-13(10)14)16-7-6-12(9-16)15(2)3/h4-5,8,12H,6-7,9,14H2,1-3H3/t12-/m0/s1. The van der Waals surface area contributed by atoms with Gasteiger partial charge in [0.05, 0.1) is 0 Å². The molecule has 1 aromatic rings. The van der Waals surface area contributed by atoms with Crippen LogP contribution < -0.4 is 10.6 Å². The van der Waals surface area contributed by atoms with Crippen LogP contribution in [0, 0.1) is 6.92 Å². The molecule has 1 fully saturated rings. The van der Waals surface area contributed by atoms with Crippen molar-refractivity contribution in [3.8, 4) is 0 Å². The lowest BCUT2D eigenvalue weighted by molar-refractivity contribution is 0.315. The quantitative estimate of drug-likeness (QED) is 0.769. The molecule has 0 spiro atoms. The normalized spacial score (nSPS) is 20.8. The highest BCUT2D eigenvalue weighted by Gasteiger charge is 2.24. The number of likely N-dealkylation sites (N-methyl/N-ethyl adjacent to an activating group) is 1. The van der Waals surface area contributed by atoms with Crippen molar-refractivity contribution in [3.63, 3.8) is 0 Å². The van der Waals surface area contributed by atoms with E-state index in [0.29, 0.717) is 6.04 Å². The van der Waals surface area contributed by atoms with Crippen molar-refractivity contribution < 1.29 is 0 Å². The Balaban J connectivity index is 2.11. The molecule has 1 heterocycles. The molecule has 1 saturated heterocycles. The van der Waals surface area contributed by atoms with Crippen LogP contribution in [0.25, 0.3) is 0 Å². The number of nitrogens with zero attached hydrogens (tertiary/aromatic N) is 2. The van der Waals surface area contributed by atoms with E-state index in [1.807, 2.05) is 6.07 Å². The van der Waals surface area contributed by atoms with Crippen LogP contribution in [0.1, 0.15) is 12.0 Å². The highest BCUT2D eigenvalue weighted by Crippen LogP contribution is 2.25. The molecule has 1 atom stereocenters. The van der Waals surface area contributed by atoms with Crippen molar-refractivity contribution in [1.82, 2.24) is 4.90 Å². The first-order chi connectivity index (χ1) is 7.58. The van der Waals surface area contributed by atoms with Crippen LogP contribution in [0.15, 0.2) is 18.2 Å². The predicted molar refractivity (Wildman–Crippen MR) is 69.9 cm³/mol. The Morgan fingerprint density at radius 3 is 2.69 bits per heavy atom. The molecule has 0 bridgehead atoms. The van der Waals surface area contributed by atoms with Gasteiger partial charge in [-0.25, -0.2) is 0 Å². The van der Waals surface area contributed by atoms with E-state index in [4.69, 9.17) is 5.73 Å². The van der Waals surface area contributed by atoms with E-state index in [-0.39, 0.29) is 0 Å². The van der Waals surface area contributed by atoms with Gasteiger partial charge in [0.1, 0.15) is 0 Å². The van der Waals surface area contributed by atoms with Gasteiger partial charge in [0.25, 0.3) is 0 Å². The topological polar surface area (TPSA) is 32.5 Å². The summed E-state index contributed by atoms with van der Waals surface area (Å²) in [5.74, 6) is 0. The first-order valence-corrected chi connectivity index (χ1v) is 5.85. The molecular weight excluding hydrogens is 198 g/mol. The summed E-state index contributed by atoms with van der Waals surface area (Å²) in [4.78, 5) is 4.75. The molecule has 0 amide bonds. The fourth-order valence-corrected chi connectivity index (χ4v) is 2.25. The monoisotopic (exact) mass is 219 g/mol. The van der Waals surface area contributed by atoms with Gasteiger partial charge in [-0.1, -0.05) is 0 Å². The summed E-state index contributed by atoms with van der Waals surface area (Å²) in [7, 11) is 4.31. The van der Waals surface area contributed by atoms with Crippen molar-refractivity contribution in [2.45, 2.75) is 19.4 Å². The molecule has 0 radical (unpaired) electrons. The van der Waals surface area contributed by atoms with Gasteiger partial charge < -0.3 is 15.5 Å². The van der Waals surface area contributed by atoms with Crippen LogP contribution in [-0.2, 0) is 0 Å². The fraction of sp³-hybridized carbons (Fsp3) is 0.538. The van der Waals surface area contributed by atoms with Gasteiger partial charge in [-0.05, 0) is 51.2 Å². The highest BCUT2D eigenvalue weighted by atomic mass is 15.2. The Morgan fingerprint density at radius 1 is 1.38 bits per heavy atom. The number of anilines is 2. The molecular formula is C13H21N3. The summed E-state index contributed by atoms with van der Waals surface area (Å²) in [6, 6.07) is 7.00. The summed E-state index contributed by atoms with van der Waals surface area (Å²) in [6.07, 6.45) is 1.25. The van der Waals surface area contributed by atoms with Crippen LogP contribution >= 0.6 is 0 Å². The minimum Gasteiger partial charge on any atom is -0.399 e. The Labute approximate surface area is 97.8 Å². The first kappa shape index (κ1) is 11.3. The highest BCUT2D eigenvalue weighted by molar-refractivity contribution is 5.58. The molecule has 3 heteroatoms. The molecule has 0 aliphatic carbocycles. The predicted octanol–water partition coefficient (Wildman–Crippen LogP) is 1.72. The van der Waals surface area contributed by atoms with Gasteiger partial charge in [-0.2, -0.15) is 0 Å². The van der Waals surface area contributed by atoms with Gasteiger partial charge >= 0.3 is 0 Å². The second-order valence-corrected chi connectivity index (χ2v) is 4.89. The Kier molecular flexibility index (Phi) is 3.06. The number of aryl methyl sites for hydroxylation is 1. The summed E-state index contributed by atoms with van der Waals surface area (Å²) < 4.78 is 0. The molecule has 3 nitrogen and oxygen atoms in total. The lowest BCUT2D eigenvalue weighted by Crippen LogP contribution is -2.31. The second kappa shape index (κ2) is 4.34. The molecule has 1 aromatic carbocycles. The number of rotatable bonds is 2. The van der Waals surface area contributed by atoms with Crippen molar-refractivity contribution in [1.29, 1.82) is 0 Å². The fourth-order valence-electron chi connectivity index (χ4n) is 2.25. The third kappa shape index (κ3) is 2.14. The maximum Gasteiger partial charge on any atom is 0.0370 e. The van der Waals surface area contributed by atoms with Gasteiger partial charge in [0, 0.05) is 30.5 Å². The zero-order valence-corrected chi connectivity index (χ0v) is 10.4. The summed E-state index contributed by atoms with van der Waals surface area (Å²) in [5, 5.41) is 0.